The van der Waals surface area contributed by atoms with Gasteiger partial charge in [0.1, 0.15) is 11.6 Å². The Kier molecular flexibility index (Phi) is 4.57. The molecule has 0 saturated heterocycles. The summed E-state index contributed by atoms with van der Waals surface area (Å²) < 4.78 is 45.1. The zero-order chi connectivity index (χ0) is 15.4. The lowest BCUT2D eigenvalue weighted by Gasteiger charge is -2.14. The largest absolute Gasteiger partial charge is 0.491 e. The lowest BCUT2D eigenvalue weighted by Crippen LogP contribution is -2.03. The van der Waals surface area contributed by atoms with E-state index in [1.165, 1.54) is 0 Å². The van der Waals surface area contributed by atoms with Crippen molar-refractivity contribution in [3.05, 3.63) is 47.8 Å². The summed E-state index contributed by atoms with van der Waals surface area (Å²) in [5.41, 5.74) is 6.34. The molecule has 0 atom stereocenters. The van der Waals surface area contributed by atoms with Gasteiger partial charge in [0.05, 0.1) is 23.7 Å². The van der Waals surface area contributed by atoms with Crippen LogP contribution in [0.15, 0.2) is 30.3 Å². The standard InChI is InChI=1S/C15H15F3N2O/c1-2-6-21-14-5-3-4-12(15(14)19)20-13-8-10(17)9(16)7-11(13)18/h3-5,7-8,20H,2,6,19H2,1H3. The Morgan fingerprint density at radius 1 is 1.05 bits per heavy atom. The Morgan fingerprint density at radius 3 is 2.48 bits per heavy atom. The highest BCUT2D eigenvalue weighted by Gasteiger charge is 2.12. The second-order valence-electron chi connectivity index (χ2n) is 4.44. The van der Waals surface area contributed by atoms with Crippen molar-refractivity contribution in [3.8, 4) is 5.75 Å². The van der Waals surface area contributed by atoms with Gasteiger partial charge < -0.3 is 15.8 Å². The number of nitrogen functional groups attached to an aromatic ring is 1. The maximum atomic E-state index is 13.6. The topological polar surface area (TPSA) is 47.3 Å². The van der Waals surface area contributed by atoms with Crippen LogP contribution in [0.1, 0.15) is 13.3 Å². The highest BCUT2D eigenvalue weighted by molar-refractivity contribution is 5.77. The maximum Gasteiger partial charge on any atom is 0.161 e. The summed E-state index contributed by atoms with van der Waals surface area (Å²) in [5.74, 6) is -2.85. The summed E-state index contributed by atoms with van der Waals surface area (Å²) >= 11 is 0. The Balaban J connectivity index is 2.29. The molecule has 2 aromatic rings. The Morgan fingerprint density at radius 2 is 1.76 bits per heavy atom. The minimum Gasteiger partial charge on any atom is -0.491 e. The summed E-state index contributed by atoms with van der Waals surface area (Å²) in [4.78, 5) is 0. The van der Waals surface area contributed by atoms with E-state index in [4.69, 9.17) is 10.5 Å². The molecule has 0 aromatic heterocycles. The van der Waals surface area contributed by atoms with Gasteiger partial charge in [-0.3, -0.25) is 0 Å². The molecule has 0 fully saturated rings. The van der Waals surface area contributed by atoms with Crippen LogP contribution in [0.2, 0.25) is 0 Å². The van der Waals surface area contributed by atoms with Crippen LogP contribution < -0.4 is 15.8 Å². The SMILES string of the molecule is CCCOc1cccc(Nc2cc(F)c(F)cc2F)c1N. The summed E-state index contributed by atoms with van der Waals surface area (Å²) in [7, 11) is 0. The fourth-order valence-corrected chi connectivity index (χ4v) is 1.75. The molecule has 0 amide bonds. The van der Waals surface area contributed by atoms with Gasteiger partial charge in [0.25, 0.3) is 0 Å². The monoisotopic (exact) mass is 296 g/mol. The molecule has 0 unspecified atom stereocenters. The Labute approximate surface area is 120 Å². The van der Waals surface area contributed by atoms with Gasteiger partial charge in [-0.1, -0.05) is 13.0 Å². The van der Waals surface area contributed by atoms with Crippen molar-refractivity contribution in [3.63, 3.8) is 0 Å². The van der Waals surface area contributed by atoms with Crippen molar-refractivity contribution in [1.82, 2.24) is 0 Å². The molecule has 3 N–H and O–H groups in total. The van der Waals surface area contributed by atoms with E-state index in [1.807, 2.05) is 6.92 Å². The van der Waals surface area contributed by atoms with E-state index in [9.17, 15) is 13.2 Å². The molecular weight excluding hydrogens is 281 g/mol. The molecule has 0 spiro atoms. The average Bonchev–Trinajstić information content (AvgIpc) is 2.45. The molecule has 0 saturated carbocycles. The fourth-order valence-electron chi connectivity index (χ4n) is 1.75. The number of hydrogen-bond acceptors (Lipinski definition) is 3. The molecule has 2 aromatic carbocycles. The quantitative estimate of drug-likeness (QED) is 0.641. The van der Waals surface area contributed by atoms with E-state index < -0.39 is 17.5 Å². The van der Waals surface area contributed by atoms with Crippen LogP contribution in [0.4, 0.5) is 30.2 Å². The average molecular weight is 296 g/mol. The van der Waals surface area contributed by atoms with E-state index in [0.717, 1.165) is 12.5 Å². The van der Waals surface area contributed by atoms with Crippen molar-refractivity contribution in [2.24, 2.45) is 0 Å². The van der Waals surface area contributed by atoms with E-state index in [0.29, 0.717) is 24.1 Å². The molecule has 3 nitrogen and oxygen atoms in total. The number of nitrogens with two attached hydrogens (primary N) is 1. The third kappa shape index (κ3) is 3.39. The first-order valence-corrected chi connectivity index (χ1v) is 6.45. The summed E-state index contributed by atoms with van der Waals surface area (Å²) in [5, 5.41) is 2.64. The number of ether oxygens (including phenoxy) is 1. The summed E-state index contributed by atoms with van der Waals surface area (Å²) in [6.07, 6.45) is 0.814. The smallest absolute Gasteiger partial charge is 0.161 e. The number of nitrogens with one attached hydrogen (secondary N) is 1. The van der Waals surface area contributed by atoms with Crippen LogP contribution in [0.3, 0.4) is 0 Å². The van der Waals surface area contributed by atoms with Crippen molar-refractivity contribution in [2.45, 2.75) is 13.3 Å². The van der Waals surface area contributed by atoms with Crippen LogP contribution >= 0.6 is 0 Å². The molecule has 0 bridgehead atoms. The van der Waals surface area contributed by atoms with Gasteiger partial charge in [0, 0.05) is 12.1 Å². The third-order valence-corrected chi connectivity index (χ3v) is 2.81. The molecule has 0 radical (unpaired) electrons. The molecular formula is C15H15F3N2O. The van der Waals surface area contributed by atoms with Gasteiger partial charge in [-0.15, -0.1) is 0 Å². The van der Waals surface area contributed by atoms with E-state index in [2.05, 4.69) is 5.32 Å². The minimum absolute atomic E-state index is 0.201. The zero-order valence-electron chi connectivity index (χ0n) is 11.4. The lowest BCUT2D eigenvalue weighted by atomic mass is 10.2. The van der Waals surface area contributed by atoms with Crippen molar-refractivity contribution < 1.29 is 17.9 Å². The zero-order valence-corrected chi connectivity index (χ0v) is 11.4. The molecule has 6 heteroatoms. The summed E-state index contributed by atoms with van der Waals surface area (Å²) in [6.45, 7) is 2.45. The number of benzene rings is 2. The van der Waals surface area contributed by atoms with E-state index >= 15 is 0 Å². The second-order valence-corrected chi connectivity index (χ2v) is 4.44. The van der Waals surface area contributed by atoms with Gasteiger partial charge in [-0.2, -0.15) is 0 Å². The third-order valence-electron chi connectivity index (χ3n) is 2.81. The van der Waals surface area contributed by atoms with Gasteiger partial charge in [0.15, 0.2) is 11.6 Å². The molecule has 2 rings (SSSR count). The summed E-state index contributed by atoms with van der Waals surface area (Å²) in [6, 6.07) is 6.16. The number of rotatable bonds is 5. The predicted octanol–water partition coefficient (Wildman–Crippen LogP) is 4.22. The van der Waals surface area contributed by atoms with Gasteiger partial charge in [0.2, 0.25) is 0 Å². The van der Waals surface area contributed by atoms with Crippen LogP contribution in [-0.4, -0.2) is 6.61 Å². The highest BCUT2D eigenvalue weighted by Crippen LogP contribution is 2.32. The first-order valence-electron chi connectivity index (χ1n) is 6.45. The number of para-hydroxylation sites is 1. The fraction of sp³-hybridized carbons (Fsp3) is 0.200. The predicted molar refractivity (Wildman–Crippen MR) is 76.2 cm³/mol. The van der Waals surface area contributed by atoms with Gasteiger partial charge in [-0.25, -0.2) is 13.2 Å². The van der Waals surface area contributed by atoms with Crippen LogP contribution in [0, 0.1) is 17.5 Å². The van der Waals surface area contributed by atoms with Gasteiger partial charge >= 0.3 is 0 Å². The molecule has 0 heterocycles. The van der Waals surface area contributed by atoms with Crippen molar-refractivity contribution in [1.29, 1.82) is 0 Å². The highest BCUT2D eigenvalue weighted by atomic mass is 19.2. The molecule has 21 heavy (non-hydrogen) atoms. The normalized spacial score (nSPS) is 10.5. The number of anilines is 3. The lowest BCUT2D eigenvalue weighted by molar-refractivity contribution is 0.319. The van der Waals surface area contributed by atoms with E-state index in [1.54, 1.807) is 18.2 Å². The Bertz CT molecular complexity index is 647. The Hall–Kier alpha value is -2.37. The molecule has 0 aliphatic rings. The molecule has 0 aliphatic carbocycles. The van der Waals surface area contributed by atoms with Crippen molar-refractivity contribution in [2.75, 3.05) is 17.7 Å². The van der Waals surface area contributed by atoms with E-state index in [-0.39, 0.29) is 11.4 Å². The minimum atomic E-state index is -1.24. The van der Waals surface area contributed by atoms with Crippen LogP contribution in [-0.2, 0) is 0 Å². The van der Waals surface area contributed by atoms with Crippen LogP contribution in [0.5, 0.6) is 5.75 Å². The molecule has 112 valence electrons. The molecule has 0 aliphatic heterocycles. The van der Waals surface area contributed by atoms with Gasteiger partial charge in [-0.05, 0) is 18.6 Å². The number of halogens is 3. The van der Waals surface area contributed by atoms with Crippen LogP contribution in [0.25, 0.3) is 0 Å². The maximum absolute atomic E-state index is 13.6. The van der Waals surface area contributed by atoms with Crippen molar-refractivity contribution >= 4 is 17.1 Å². The first kappa shape index (κ1) is 15.0. The number of hydrogen-bond donors (Lipinski definition) is 2. The first-order chi connectivity index (χ1) is 10.0. The second kappa shape index (κ2) is 6.39.